The summed E-state index contributed by atoms with van der Waals surface area (Å²) in [5.74, 6) is -1.65. The predicted molar refractivity (Wildman–Crippen MR) is 58.5 cm³/mol. The molecule has 0 aliphatic carbocycles. The van der Waals surface area contributed by atoms with Crippen molar-refractivity contribution in [3.8, 4) is 11.5 Å². The van der Waals surface area contributed by atoms with Crippen molar-refractivity contribution in [1.29, 1.82) is 0 Å². The van der Waals surface area contributed by atoms with Gasteiger partial charge in [0, 0.05) is 10.0 Å². The van der Waals surface area contributed by atoms with Gasteiger partial charge in [0.25, 0.3) is 0 Å². The average Bonchev–Trinajstić information content (AvgIpc) is 2.20. The molecule has 4 nitrogen and oxygen atoms in total. The third-order valence-electron chi connectivity index (χ3n) is 1.98. The molecule has 0 atom stereocenters. The van der Waals surface area contributed by atoms with Crippen molar-refractivity contribution in [1.82, 2.24) is 0 Å². The normalized spacial score (nSPS) is 10.0. The highest BCUT2D eigenvalue weighted by molar-refractivity contribution is 9.10. The van der Waals surface area contributed by atoms with E-state index in [1.165, 1.54) is 14.2 Å². The Balaban J connectivity index is 3.39. The summed E-state index contributed by atoms with van der Waals surface area (Å²) in [6, 6.07) is 1.15. The second kappa shape index (κ2) is 5.16. The number of benzene rings is 1. The van der Waals surface area contributed by atoms with Crippen molar-refractivity contribution >= 4 is 21.9 Å². The van der Waals surface area contributed by atoms with Gasteiger partial charge in [0.2, 0.25) is 0 Å². The van der Waals surface area contributed by atoms with Gasteiger partial charge in [0.05, 0.1) is 20.6 Å². The maximum absolute atomic E-state index is 13.4. The molecule has 1 aromatic rings. The zero-order valence-corrected chi connectivity index (χ0v) is 10.3. The lowest BCUT2D eigenvalue weighted by molar-refractivity contribution is -0.136. The van der Waals surface area contributed by atoms with Gasteiger partial charge in [0.1, 0.15) is 0 Å². The van der Waals surface area contributed by atoms with Crippen LogP contribution < -0.4 is 9.47 Å². The Morgan fingerprint density at radius 1 is 1.44 bits per heavy atom. The number of ether oxygens (including phenoxy) is 2. The topological polar surface area (TPSA) is 55.8 Å². The van der Waals surface area contributed by atoms with Crippen molar-refractivity contribution in [2.75, 3.05) is 14.2 Å². The van der Waals surface area contributed by atoms with Crippen molar-refractivity contribution in [3.63, 3.8) is 0 Å². The highest BCUT2D eigenvalue weighted by Crippen LogP contribution is 2.38. The number of carboxylic acids is 1. The van der Waals surface area contributed by atoms with Crippen LogP contribution in [0.1, 0.15) is 5.56 Å². The van der Waals surface area contributed by atoms with Crippen LogP contribution in [0, 0.1) is 5.82 Å². The Bertz CT molecular complexity index is 420. The van der Waals surface area contributed by atoms with Gasteiger partial charge in [-0.3, -0.25) is 4.79 Å². The van der Waals surface area contributed by atoms with E-state index >= 15 is 0 Å². The quantitative estimate of drug-likeness (QED) is 0.925. The molecule has 0 heterocycles. The molecule has 6 heteroatoms. The minimum atomic E-state index is -1.03. The van der Waals surface area contributed by atoms with Gasteiger partial charge in [-0.1, -0.05) is 15.9 Å². The first kappa shape index (κ1) is 12.8. The smallest absolute Gasteiger partial charge is 0.308 e. The van der Waals surface area contributed by atoms with E-state index in [4.69, 9.17) is 14.6 Å². The monoisotopic (exact) mass is 292 g/mol. The van der Waals surface area contributed by atoms with Crippen molar-refractivity contribution in [3.05, 3.63) is 21.9 Å². The fourth-order valence-corrected chi connectivity index (χ4v) is 1.86. The van der Waals surface area contributed by atoms with Crippen LogP contribution in [0.5, 0.6) is 11.5 Å². The minimum absolute atomic E-state index is 0.0942. The largest absolute Gasteiger partial charge is 0.492 e. The third kappa shape index (κ3) is 2.44. The Labute approximate surface area is 100 Å². The minimum Gasteiger partial charge on any atom is -0.492 e. The summed E-state index contributed by atoms with van der Waals surface area (Å²) in [6.07, 6.45) is -0.277. The van der Waals surface area contributed by atoms with Crippen LogP contribution in [0.2, 0.25) is 0 Å². The molecule has 0 bridgehead atoms. The molecule has 88 valence electrons. The molecule has 1 aromatic carbocycles. The van der Waals surface area contributed by atoms with E-state index in [0.29, 0.717) is 10.0 Å². The van der Waals surface area contributed by atoms with Gasteiger partial charge < -0.3 is 14.6 Å². The van der Waals surface area contributed by atoms with Crippen LogP contribution >= 0.6 is 15.9 Å². The van der Waals surface area contributed by atoms with Crippen LogP contribution in [0.4, 0.5) is 4.39 Å². The first-order valence-electron chi connectivity index (χ1n) is 4.31. The first-order chi connectivity index (χ1) is 7.51. The van der Waals surface area contributed by atoms with Crippen molar-refractivity contribution in [2.24, 2.45) is 0 Å². The van der Waals surface area contributed by atoms with Gasteiger partial charge in [-0.2, -0.15) is 0 Å². The number of carboxylic acid groups (broad SMARTS) is 1. The summed E-state index contributed by atoms with van der Waals surface area (Å²) >= 11 is 3.09. The Kier molecular flexibility index (Phi) is 4.12. The van der Waals surface area contributed by atoms with Crippen LogP contribution in [-0.2, 0) is 11.2 Å². The molecule has 0 aliphatic rings. The lowest BCUT2D eigenvalue weighted by Gasteiger charge is -2.14. The van der Waals surface area contributed by atoms with Gasteiger partial charge >= 0.3 is 5.97 Å². The number of methoxy groups -OCH3 is 2. The second-order valence-electron chi connectivity index (χ2n) is 2.96. The number of hydrogen-bond acceptors (Lipinski definition) is 3. The molecular formula is C10H10BrFO4. The van der Waals surface area contributed by atoms with E-state index in [0.717, 1.165) is 6.07 Å². The van der Waals surface area contributed by atoms with E-state index in [1.807, 2.05) is 0 Å². The summed E-state index contributed by atoms with van der Waals surface area (Å²) in [5.41, 5.74) is 0.341. The van der Waals surface area contributed by atoms with E-state index < -0.39 is 11.8 Å². The second-order valence-corrected chi connectivity index (χ2v) is 3.81. The predicted octanol–water partition coefficient (Wildman–Crippen LogP) is 2.23. The van der Waals surface area contributed by atoms with Crippen LogP contribution in [-0.4, -0.2) is 25.3 Å². The van der Waals surface area contributed by atoms with Crippen molar-refractivity contribution in [2.45, 2.75) is 6.42 Å². The summed E-state index contributed by atoms with van der Waals surface area (Å²) in [7, 11) is 2.62. The number of rotatable bonds is 4. The van der Waals surface area contributed by atoms with Crippen LogP contribution in [0.15, 0.2) is 10.5 Å². The molecule has 0 saturated heterocycles. The van der Waals surface area contributed by atoms with Crippen LogP contribution in [0.3, 0.4) is 0 Å². The van der Waals surface area contributed by atoms with Gasteiger partial charge in [0.15, 0.2) is 17.3 Å². The van der Waals surface area contributed by atoms with Gasteiger partial charge in [-0.25, -0.2) is 4.39 Å². The van der Waals surface area contributed by atoms with E-state index in [9.17, 15) is 9.18 Å². The van der Waals surface area contributed by atoms with Crippen LogP contribution in [0.25, 0.3) is 0 Å². The van der Waals surface area contributed by atoms with E-state index in [1.54, 1.807) is 0 Å². The molecule has 0 aromatic heterocycles. The number of aliphatic carboxylic acids is 1. The molecule has 0 aliphatic heterocycles. The molecule has 0 spiro atoms. The average molecular weight is 293 g/mol. The van der Waals surface area contributed by atoms with Gasteiger partial charge in [-0.15, -0.1) is 0 Å². The Morgan fingerprint density at radius 3 is 2.44 bits per heavy atom. The molecule has 0 fully saturated rings. The van der Waals surface area contributed by atoms with E-state index in [2.05, 4.69) is 15.9 Å². The van der Waals surface area contributed by atoms with E-state index in [-0.39, 0.29) is 17.9 Å². The summed E-state index contributed by atoms with van der Waals surface area (Å²) in [6.45, 7) is 0. The summed E-state index contributed by atoms with van der Waals surface area (Å²) in [5, 5.41) is 8.73. The third-order valence-corrected chi connectivity index (χ3v) is 2.68. The summed E-state index contributed by atoms with van der Waals surface area (Å²) < 4.78 is 23.6. The Morgan fingerprint density at radius 2 is 2.00 bits per heavy atom. The summed E-state index contributed by atoms with van der Waals surface area (Å²) in [4.78, 5) is 10.7. The fraction of sp³-hybridized carbons (Fsp3) is 0.300. The SMILES string of the molecule is COc1c(F)cc(Br)c(CC(=O)O)c1OC. The maximum atomic E-state index is 13.4. The highest BCUT2D eigenvalue weighted by atomic mass is 79.9. The highest BCUT2D eigenvalue weighted by Gasteiger charge is 2.20. The Hall–Kier alpha value is -1.30. The zero-order chi connectivity index (χ0) is 12.3. The molecule has 0 amide bonds. The standard InChI is InChI=1S/C10H10BrFO4/c1-15-9-5(3-8(13)14)6(11)4-7(12)10(9)16-2/h4H,3H2,1-2H3,(H,13,14). The fourth-order valence-electron chi connectivity index (χ4n) is 1.34. The molecule has 0 radical (unpaired) electrons. The molecular weight excluding hydrogens is 283 g/mol. The first-order valence-corrected chi connectivity index (χ1v) is 5.11. The lowest BCUT2D eigenvalue weighted by Crippen LogP contribution is -2.05. The molecule has 16 heavy (non-hydrogen) atoms. The molecule has 1 rings (SSSR count). The number of hydrogen-bond donors (Lipinski definition) is 1. The number of halogens is 2. The van der Waals surface area contributed by atoms with Gasteiger partial charge in [-0.05, 0) is 6.07 Å². The molecule has 1 N–H and O–H groups in total. The lowest BCUT2D eigenvalue weighted by atomic mass is 10.1. The maximum Gasteiger partial charge on any atom is 0.308 e. The molecule has 0 unspecified atom stereocenters. The number of carbonyl (C=O) groups is 1. The van der Waals surface area contributed by atoms with Crippen molar-refractivity contribution < 1.29 is 23.8 Å². The molecule has 0 saturated carbocycles. The zero-order valence-electron chi connectivity index (χ0n) is 8.71.